The Morgan fingerprint density at radius 2 is 2.00 bits per heavy atom. The molecule has 9 heteroatoms. The van der Waals surface area contributed by atoms with Crippen molar-refractivity contribution in [2.45, 2.75) is 70.6 Å². The van der Waals surface area contributed by atoms with E-state index in [-0.39, 0.29) is 35.2 Å². The summed E-state index contributed by atoms with van der Waals surface area (Å²) in [4.78, 5) is 32.6. The molecule has 1 amide bonds. The summed E-state index contributed by atoms with van der Waals surface area (Å²) in [6.45, 7) is 5.39. The van der Waals surface area contributed by atoms with E-state index in [2.05, 4.69) is 20.9 Å². The molecule has 2 aliphatic heterocycles. The van der Waals surface area contributed by atoms with Gasteiger partial charge in [0.15, 0.2) is 15.6 Å². The predicted octanol–water partition coefficient (Wildman–Crippen LogP) is 3.95. The van der Waals surface area contributed by atoms with Crippen LogP contribution in [0.4, 0.5) is 4.79 Å². The first kappa shape index (κ1) is 23.4. The van der Waals surface area contributed by atoms with Gasteiger partial charge < -0.3 is 4.74 Å². The summed E-state index contributed by atoms with van der Waals surface area (Å²) in [7, 11) is -3.23. The third-order valence-corrected chi connectivity index (χ3v) is 8.64. The highest BCUT2D eigenvalue weighted by Crippen LogP contribution is 2.62. The van der Waals surface area contributed by atoms with Crippen molar-refractivity contribution < 1.29 is 22.7 Å². The number of halogens is 1. The van der Waals surface area contributed by atoms with Crippen LogP contribution < -0.4 is 0 Å². The standard InChI is InChI=1S/C23H29BrN2O5S/c1-22(2,3)31-21(28)26-17-13-23(14-19(23)26)9-11-32(29,30)10-5-4-6-15-7-8-20(24)25-16(15)12-18(17)27/h4,6-8,17,19H,5,9-14H2,1-3H3/t17-,19+,23-/m0/s1. The fourth-order valence-corrected chi connectivity index (χ4v) is 6.59. The zero-order valence-electron chi connectivity index (χ0n) is 18.6. The normalized spacial score (nSPS) is 29.6. The Kier molecular flexibility index (Phi) is 6.03. The predicted molar refractivity (Wildman–Crippen MR) is 125 cm³/mol. The summed E-state index contributed by atoms with van der Waals surface area (Å²) in [5, 5.41) is 0. The molecule has 0 N–H and O–H groups in total. The van der Waals surface area contributed by atoms with E-state index >= 15 is 0 Å². The topological polar surface area (TPSA) is 93.6 Å². The SMILES string of the molecule is CC(C)(C)OC(=O)N1[C@H]2C[C@@]3(CCS(=O)(=O)CCC=Cc4ccc(Br)nc4CC2=O)C[C@@H]13. The average Bonchev–Trinajstić information content (AvgIpc) is 3.27. The second-order valence-corrected chi connectivity index (χ2v) is 13.2. The molecule has 0 unspecified atom stereocenters. The van der Waals surface area contributed by atoms with Crippen molar-refractivity contribution in [1.82, 2.24) is 9.88 Å². The molecule has 3 aliphatic rings. The van der Waals surface area contributed by atoms with Gasteiger partial charge in [0, 0.05) is 6.04 Å². The van der Waals surface area contributed by atoms with Crippen LogP contribution in [0.2, 0.25) is 0 Å². The maximum Gasteiger partial charge on any atom is 0.411 e. The summed E-state index contributed by atoms with van der Waals surface area (Å²) in [6.07, 6.45) is 5.31. The molecule has 174 valence electrons. The number of nitrogens with zero attached hydrogens (tertiary/aromatic N) is 2. The first-order valence-corrected chi connectivity index (χ1v) is 13.6. The zero-order chi connectivity index (χ0) is 23.3. The van der Waals surface area contributed by atoms with E-state index < -0.39 is 27.6 Å². The van der Waals surface area contributed by atoms with Gasteiger partial charge in [-0.05, 0) is 79.4 Å². The highest BCUT2D eigenvalue weighted by atomic mass is 79.9. The Hall–Kier alpha value is -1.74. The fraction of sp³-hybridized carbons (Fsp3) is 0.609. The highest BCUT2D eigenvalue weighted by Gasteiger charge is 2.67. The third-order valence-electron chi connectivity index (χ3n) is 6.52. The minimum Gasteiger partial charge on any atom is -0.444 e. The number of amides is 1. The molecule has 0 aromatic carbocycles. The number of allylic oxidation sites excluding steroid dienone is 1. The van der Waals surface area contributed by atoms with Crippen molar-refractivity contribution in [3.8, 4) is 0 Å². The number of fused-ring (bicyclic) bond motifs is 2. The average molecular weight is 525 g/mol. The molecule has 3 atom stereocenters. The number of Topliss-reactive ketones (excluding diaryl/α,β-unsaturated/α-hetero) is 1. The number of likely N-dealkylation sites (tertiary alicyclic amines) is 1. The smallest absolute Gasteiger partial charge is 0.411 e. The molecule has 7 nitrogen and oxygen atoms in total. The molecule has 2 fully saturated rings. The largest absolute Gasteiger partial charge is 0.444 e. The molecule has 1 saturated carbocycles. The van der Waals surface area contributed by atoms with E-state index in [1.54, 1.807) is 31.7 Å². The van der Waals surface area contributed by atoms with E-state index in [0.717, 1.165) is 5.56 Å². The molecule has 32 heavy (non-hydrogen) atoms. The number of rotatable bonds is 0. The van der Waals surface area contributed by atoms with E-state index in [1.807, 2.05) is 18.2 Å². The van der Waals surface area contributed by atoms with Crippen LogP contribution in [-0.4, -0.2) is 59.4 Å². The number of aromatic nitrogens is 1. The van der Waals surface area contributed by atoms with Gasteiger partial charge in [0.25, 0.3) is 0 Å². The minimum absolute atomic E-state index is 0.0749. The van der Waals surface area contributed by atoms with Gasteiger partial charge in [0.2, 0.25) is 0 Å². The lowest BCUT2D eigenvalue weighted by Gasteiger charge is -2.30. The van der Waals surface area contributed by atoms with Crippen LogP contribution in [0.1, 0.15) is 57.7 Å². The molecule has 2 bridgehead atoms. The Balaban J connectivity index is 1.70. The van der Waals surface area contributed by atoms with E-state index in [9.17, 15) is 18.0 Å². The third kappa shape index (κ3) is 4.93. The Labute approximate surface area is 197 Å². The number of ether oxygens (including phenoxy) is 1. The number of piperidine rings is 1. The molecule has 3 heterocycles. The number of carbonyl (C=O) groups is 2. The lowest BCUT2D eigenvalue weighted by Crippen LogP contribution is -2.46. The van der Waals surface area contributed by atoms with Gasteiger partial charge in [0.05, 0.1) is 29.7 Å². The quantitative estimate of drug-likeness (QED) is 0.477. The van der Waals surface area contributed by atoms with Crippen LogP contribution in [0.25, 0.3) is 6.08 Å². The Morgan fingerprint density at radius 1 is 1.25 bits per heavy atom. The van der Waals surface area contributed by atoms with Crippen molar-refractivity contribution in [2.24, 2.45) is 5.41 Å². The second kappa shape index (κ2) is 8.24. The summed E-state index contributed by atoms with van der Waals surface area (Å²) in [5.41, 5.74) is 0.381. The highest BCUT2D eigenvalue weighted by molar-refractivity contribution is 9.10. The zero-order valence-corrected chi connectivity index (χ0v) is 21.0. The van der Waals surface area contributed by atoms with E-state index in [4.69, 9.17) is 4.74 Å². The maximum atomic E-state index is 13.4. The molecule has 1 aromatic heterocycles. The van der Waals surface area contributed by atoms with Crippen molar-refractivity contribution in [2.75, 3.05) is 11.5 Å². The van der Waals surface area contributed by atoms with Crippen molar-refractivity contribution >= 4 is 43.7 Å². The molecular weight excluding hydrogens is 496 g/mol. The minimum atomic E-state index is -3.23. The van der Waals surface area contributed by atoms with Gasteiger partial charge in [0.1, 0.15) is 10.2 Å². The van der Waals surface area contributed by atoms with Crippen molar-refractivity contribution in [1.29, 1.82) is 0 Å². The molecule has 1 spiro atoms. The Morgan fingerprint density at radius 3 is 2.72 bits per heavy atom. The fourth-order valence-electron chi connectivity index (χ4n) is 4.83. The van der Waals surface area contributed by atoms with Crippen LogP contribution in [0.5, 0.6) is 0 Å². The monoisotopic (exact) mass is 524 g/mol. The summed E-state index contributed by atoms with van der Waals surface area (Å²) < 4.78 is 31.5. The number of hydrogen-bond donors (Lipinski definition) is 0. The number of carbonyl (C=O) groups excluding carboxylic acids is 2. The second-order valence-electron chi connectivity index (χ2n) is 10.1. The molecule has 4 rings (SSSR count). The number of hydrogen-bond acceptors (Lipinski definition) is 6. The number of sulfone groups is 1. The summed E-state index contributed by atoms with van der Waals surface area (Å²) in [5.74, 6) is 0.0651. The van der Waals surface area contributed by atoms with Crippen LogP contribution in [0.15, 0.2) is 22.8 Å². The maximum absolute atomic E-state index is 13.4. The van der Waals surface area contributed by atoms with Crippen LogP contribution in [0.3, 0.4) is 0 Å². The van der Waals surface area contributed by atoms with Gasteiger partial charge >= 0.3 is 6.09 Å². The van der Waals surface area contributed by atoms with Gasteiger partial charge in [-0.1, -0.05) is 18.2 Å². The molecule has 0 radical (unpaired) electrons. The van der Waals surface area contributed by atoms with Crippen LogP contribution in [0, 0.1) is 5.41 Å². The van der Waals surface area contributed by atoms with Crippen molar-refractivity contribution in [3.05, 3.63) is 34.1 Å². The Bertz CT molecular complexity index is 1080. The first-order chi connectivity index (χ1) is 14.9. The molecule has 1 aliphatic carbocycles. The lowest BCUT2D eigenvalue weighted by atomic mass is 9.93. The van der Waals surface area contributed by atoms with Crippen LogP contribution >= 0.6 is 15.9 Å². The van der Waals surface area contributed by atoms with Gasteiger partial charge in [-0.2, -0.15) is 0 Å². The molecule has 1 aromatic rings. The van der Waals surface area contributed by atoms with Gasteiger partial charge in [-0.25, -0.2) is 18.2 Å². The molecular formula is C23H29BrN2O5S. The first-order valence-electron chi connectivity index (χ1n) is 11.0. The lowest BCUT2D eigenvalue weighted by molar-refractivity contribution is -0.123. The summed E-state index contributed by atoms with van der Waals surface area (Å²) in [6, 6.07) is 2.86. The van der Waals surface area contributed by atoms with Crippen LogP contribution in [-0.2, 0) is 25.8 Å². The van der Waals surface area contributed by atoms with Gasteiger partial charge in [-0.15, -0.1) is 0 Å². The summed E-state index contributed by atoms with van der Waals surface area (Å²) >= 11 is 3.37. The van der Waals surface area contributed by atoms with Crippen molar-refractivity contribution in [3.63, 3.8) is 0 Å². The van der Waals surface area contributed by atoms with E-state index in [1.165, 1.54) is 0 Å². The number of pyridine rings is 1. The molecule has 1 saturated heterocycles. The van der Waals surface area contributed by atoms with E-state index in [0.29, 0.717) is 36.0 Å². The van der Waals surface area contributed by atoms with Gasteiger partial charge in [-0.3, -0.25) is 9.69 Å². The number of ketones is 1.